The first-order valence-corrected chi connectivity index (χ1v) is 3.08. The van der Waals surface area contributed by atoms with Gasteiger partial charge in [-0.15, -0.1) is 0 Å². The number of hydrogen-bond donors (Lipinski definition) is 2. The lowest BCUT2D eigenvalue weighted by molar-refractivity contribution is 0.379. The molecule has 0 bridgehead atoms. The smallest absolute Gasteiger partial charge is 0.310 e. The highest BCUT2D eigenvalue weighted by Crippen LogP contribution is 1.80. The van der Waals surface area contributed by atoms with Crippen molar-refractivity contribution in [1.29, 1.82) is 0 Å². The summed E-state index contributed by atoms with van der Waals surface area (Å²) in [5, 5.41) is 6.43. The first-order chi connectivity index (χ1) is 4.83. The minimum absolute atomic E-state index is 0.507. The van der Waals surface area contributed by atoms with Crippen molar-refractivity contribution in [2.45, 2.75) is 13.5 Å². The number of aromatic amines is 1. The topological polar surface area (TPSA) is 70.9 Å². The Hall–Kier alpha value is -1.10. The summed E-state index contributed by atoms with van der Waals surface area (Å²) in [5.41, 5.74) is 0. The summed E-state index contributed by atoms with van der Waals surface area (Å²) in [4.78, 5) is 12.8. The third-order valence-corrected chi connectivity index (χ3v) is 1.03. The minimum atomic E-state index is -0.507. The molecule has 10 heavy (non-hydrogen) atoms. The van der Waals surface area contributed by atoms with Crippen molar-refractivity contribution in [3.8, 4) is 0 Å². The number of H-pyrrole nitrogens is 1. The Kier molecular flexibility index (Phi) is 2.22. The SMILES string of the molecule is CCNCc1noc(=O)[nH]1. The van der Waals surface area contributed by atoms with Crippen LogP contribution >= 0.6 is 0 Å². The molecule has 0 spiro atoms. The van der Waals surface area contributed by atoms with E-state index in [0.717, 1.165) is 6.54 Å². The van der Waals surface area contributed by atoms with Crippen LogP contribution in [0.4, 0.5) is 0 Å². The molecule has 56 valence electrons. The van der Waals surface area contributed by atoms with E-state index in [1.807, 2.05) is 6.92 Å². The van der Waals surface area contributed by atoms with E-state index in [2.05, 4.69) is 20.0 Å². The second-order valence-corrected chi connectivity index (χ2v) is 1.82. The highest BCUT2D eigenvalue weighted by atomic mass is 16.5. The molecule has 0 aliphatic heterocycles. The molecule has 0 radical (unpaired) electrons. The van der Waals surface area contributed by atoms with Gasteiger partial charge in [-0.3, -0.25) is 9.51 Å². The Morgan fingerprint density at radius 2 is 2.60 bits per heavy atom. The van der Waals surface area contributed by atoms with Crippen molar-refractivity contribution in [1.82, 2.24) is 15.5 Å². The van der Waals surface area contributed by atoms with Gasteiger partial charge in [0.2, 0.25) is 0 Å². The van der Waals surface area contributed by atoms with E-state index < -0.39 is 5.76 Å². The zero-order chi connectivity index (χ0) is 7.40. The maximum Gasteiger partial charge on any atom is 0.438 e. The molecular weight excluding hydrogens is 134 g/mol. The average molecular weight is 143 g/mol. The molecule has 0 aromatic carbocycles. The van der Waals surface area contributed by atoms with Gasteiger partial charge >= 0.3 is 5.76 Å². The molecule has 0 amide bonds. The number of hydrogen-bond acceptors (Lipinski definition) is 4. The lowest BCUT2D eigenvalue weighted by Gasteiger charge is -1.92. The van der Waals surface area contributed by atoms with Crippen molar-refractivity contribution in [3.63, 3.8) is 0 Å². The summed E-state index contributed by atoms with van der Waals surface area (Å²) in [6.07, 6.45) is 0. The second-order valence-electron chi connectivity index (χ2n) is 1.82. The van der Waals surface area contributed by atoms with Crippen molar-refractivity contribution in [2.24, 2.45) is 0 Å². The zero-order valence-corrected chi connectivity index (χ0v) is 5.68. The van der Waals surface area contributed by atoms with Gasteiger partial charge in [0.25, 0.3) is 0 Å². The molecule has 1 aromatic heterocycles. The predicted molar refractivity (Wildman–Crippen MR) is 34.5 cm³/mol. The summed E-state index contributed by atoms with van der Waals surface area (Å²) in [7, 11) is 0. The maximum absolute atomic E-state index is 10.3. The standard InChI is InChI=1S/C5H9N3O2/c1-2-6-3-4-7-5(9)10-8-4/h6H,2-3H2,1H3,(H,7,8,9). The summed E-state index contributed by atoms with van der Waals surface area (Å²) in [6.45, 7) is 3.36. The monoisotopic (exact) mass is 143 g/mol. The van der Waals surface area contributed by atoms with Crippen LogP contribution in [0.3, 0.4) is 0 Å². The van der Waals surface area contributed by atoms with Gasteiger partial charge in [0.15, 0.2) is 5.82 Å². The van der Waals surface area contributed by atoms with E-state index >= 15 is 0 Å². The fraction of sp³-hybridized carbons (Fsp3) is 0.600. The van der Waals surface area contributed by atoms with Crippen molar-refractivity contribution < 1.29 is 4.52 Å². The Bertz CT molecular complexity index is 239. The Labute approximate surface area is 57.4 Å². The number of aromatic nitrogens is 2. The third kappa shape index (κ3) is 1.70. The van der Waals surface area contributed by atoms with E-state index in [4.69, 9.17) is 0 Å². The summed E-state index contributed by atoms with van der Waals surface area (Å²) < 4.78 is 4.26. The second kappa shape index (κ2) is 3.17. The fourth-order valence-electron chi connectivity index (χ4n) is 0.580. The predicted octanol–water partition coefficient (Wildman–Crippen LogP) is -0.528. The highest BCUT2D eigenvalue weighted by Gasteiger charge is 1.96. The first kappa shape index (κ1) is 7.01. The van der Waals surface area contributed by atoms with Crippen LogP contribution in [0.2, 0.25) is 0 Å². The van der Waals surface area contributed by atoms with Gasteiger partial charge in [-0.1, -0.05) is 12.1 Å². The van der Waals surface area contributed by atoms with Crippen molar-refractivity contribution in [2.75, 3.05) is 6.54 Å². The lowest BCUT2D eigenvalue weighted by atomic mass is 10.6. The van der Waals surface area contributed by atoms with E-state index in [0.29, 0.717) is 12.4 Å². The van der Waals surface area contributed by atoms with Crippen LogP contribution in [-0.2, 0) is 6.54 Å². The van der Waals surface area contributed by atoms with Crippen LogP contribution < -0.4 is 11.1 Å². The van der Waals surface area contributed by atoms with Crippen LogP contribution in [0, 0.1) is 0 Å². The van der Waals surface area contributed by atoms with Gasteiger partial charge in [0, 0.05) is 0 Å². The van der Waals surface area contributed by atoms with E-state index in [1.54, 1.807) is 0 Å². The molecule has 5 nitrogen and oxygen atoms in total. The largest absolute Gasteiger partial charge is 0.438 e. The van der Waals surface area contributed by atoms with E-state index in [9.17, 15) is 4.79 Å². The number of nitrogens with one attached hydrogen (secondary N) is 2. The molecule has 1 heterocycles. The first-order valence-electron chi connectivity index (χ1n) is 3.08. The third-order valence-electron chi connectivity index (χ3n) is 1.03. The van der Waals surface area contributed by atoms with Gasteiger partial charge in [-0.25, -0.2) is 4.79 Å². The molecule has 0 aliphatic rings. The Morgan fingerprint density at radius 3 is 3.10 bits per heavy atom. The summed E-state index contributed by atoms with van der Waals surface area (Å²) >= 11 is 0. The summed E-state index contributed by atoms with van der Waals surface area (Å²) in [6, 6.07) is 0. The molecule has 0 fully saturated rings. The Balaban J connectivity index is 2.50. The van der Waals surface area contributed by atoms with Gasteiger partial charge in [0.1, 0.15) is 0 Å². The molecule has 0 saturated heterocycles. The summed E-state index contributed by atoms with van der Waals surface area (Å²) in [5.74, 6) is 0.0275. The van der Waals surface area contributed by atoms with Gasteiger partial charge in [-0.05, 0) is 6.54 Å². The molecule has 0 saturated carbocycles. The minimum Gasteiger partial charge on any atom is -0.310 e. The van der Waals surface area contributed by atoms with Crippen LogP contribution in [-0.4, -0.2) is 16.7 Å². The van der Waals surface area contributed by atoms with Crippen LogP contribution in [0.25, 0.3) is 0 Å². The molecule has 0 unspecified atom stereocenters. The molecular formula is C5H9N3O2. The van der Waals surface area contributed by atoms with E-state index in [-0.39, 0.29) is 0 Å². The van der Waals surface area contributed by atoms with Crippen molar-refractivity contribution in [3.05, 3.63) is 16.4 Å². The molecule has 1 rings (SSSR count). The average Bonchev–Trinajstić information content (AvgIpc) is 2.31. The fourth-order valence-corrected chi connectivity index (χ4v) is 0.580. The lowest BCUT2D eigenvalue weighted by Crippen LogP contribution is -2.13. The molecule has 1 aromatic rings. The van der Waals surface area contributed by atoms with Gasteiger partial charge in [-0.2, -0.15) is 0 Å². The maximum atomic E-state index is 10.3. The highest BCUT2D eigenvalue weighted by molar-refractivity contribution is 4.75. The van der Waals surface area contributed by atoms with Gasteiger partial charge in [0.05, 0.1) is 6.54 Å². The van der Waals surface area contributed by atoms with Crippen LogP contribution in [0.1, 0.15) is 12.7 Å². The van der Waals surface area contributed by atoms with Crippen molar-refractivity contribution >= 4 is 0 Å². The van der Waals surface area contributed by atoms with Crippen LogP contribution in [0.15, 0.2) is 9.32 Å². The normalized spacial score (nSPS) is 10.1. The van der Waals surface area contributed by atoms with Crippen LogP contribution in [0.5, 0.6) is 0 Å². The quantitative estimate of drug-likeness (QED) is 0.596. The molecule has 0 aliphatic carbocycles. The molecule has 0 atom stereocenters. The van der Waals surface area contributed by atoms with E-state index in [1.165, 1.54) is 0 Å². The number of nitrogens with zero attached hydrogens (tertiary/aromatic N) is 1. The van der Waals surface area contributed by atoms with Gasteiger partial charge < -0.3 is 5.32 Å². The molecule has 5 heteroatoms. The zero-order valence-electron chi connectivity index (χ0n) is 5.68. The Morgan fingerprint density at radius 1 is 1.80 bits per heavy atom. The number of rotatable bonds is 3. The molecule has 2 N–H and O–H groups in total.